The molecule has 0 bridgehead atoms. The number of alkyl halides is 1. The third-order valence-corrected chi connectivity index (χ3v) is 3.67. The van der Waals surface area contributed by atoms with E-state index in [0.717, 1.165) is 11.1 Å². The number of isocyanates is 1. The first kappa shape index (κ1) is 30.6. The minimum Gasteiger partial charge on any atom is -0.423 e. The van der Waals surface area contributed by atoms with Crippen LogP contribution in [0.25, 0.3) is 0 Å². The molecule has 4 N–H and O–H groups in total. The largest absolute Gasteiger partial charge is 0.423 e. The number of aliphatic hydroxyl groups excluding tert-OH is 4. The van der Waals surface area contributed by atoms with Gasteiger partial charge in [0.05, 0.1) is 39.6 Å². The molecule has 0 saturated heterocycles. The zero-order valence-electron chi connectivity index (χ0n) is 18.5. The van der Waals surface area contributed by atoms with Crippen LogP contribution in [0.3, 0.4) is 0 Å². The van der Waals surface area contributed by atoms with E-state index in [9.17, 15) is 4.79 Å². The number of aliphatic hydroxyl groups is 4. The van der Waals surface area contributed by atoms with Crippen LogP contribution < -0.4 is 0 Å². The van der Waals surface area contributed by atoms with E-state index in [1.165, 1.54) is 6.08 Å². The van der Waals surface area contributed by atoms with Crippen LogP contribution in [0.4, 0.5) is 0 Å². The molecule has 0 heterocycles. The molecule has 172 valence electrons. The highest BCUT2D eigenvalue weighted by atomic mass is 127. The minimum absolute atomic E-state index is 0.122. The van der Waals surface area contributed by atoms with Gasteiger partial charge in [0.25, 0.3) is 6.26 Å². The molecule has 0 atom stereocenters. The fraction of sp³-hybridized carbons (Fsp3) is 0.600. The van der Waals surface area contributed by atoms with Crippen LogP contribution in [0.2, 0.25) is 0 Å². The molecule has 0 radical (unpaired) electrons. The number of nitrogens with zero attached hydrogens (tertiary/aromatic N) is 2. The third-order valence-electron chi connectivity index (χ3n) is 3.67. The topological polar surface area (TPSA) is 153 Å². The number of benzene rings is 1. The number of hydrogen-bond acceptors (Lipinski definition) is 9. The average Bonchev–Trinajstić information content (AvgIpc) is 2.80. The van der Waals surface area contributed by atoms with E-state index in [-0.39, 0.29) is 33.0 Å². The van der Waals surface area contributed by atoms with Gasteiger partial charge in [0, 0.05) is 13.9 Å². The number of nitriles is 1. The Morgan fingerprint density at radius 3 is 2.13 bits per heavy atom. The molecular weight excluding hydrogens is 507 g/mol. The number of rotatable bonds is 10. The van der Waals surface area contributed by atoms with Gasteiger partial charge in [0.1, 0.15) is 6.61 Å². The summed E-state index contributed by atoms with van der Waals surface area (Å²) in [5.74, 6) is 0. The lowest BCUT2D eigenvalue weighted by Crippen LogP contribution is -2.32. The first-order valence-electron chi connectivity index (χ1n) is 9.55. The monoisotopic (exact) mass is 541 g/mol. The van der Waals surface area contributed by atoms with Crippen molar-refractivity contribution in [3.63, 3.8) is 0 Å². The molecule has 1 aromatic rings. The summed E-state index contributed by atoms with van der Waals surface area (Å²) < 4.78 is 15.2. The van der Waals surface area contributed by atoms with Crippen LogP contribution in [0.1, 0.15) is 25.8 Å². The van der Waals surface area contributed by atoms with Crippen molar-refractivity contribution < 1.29 is 36.1 Å². The molecule has 0 aliphatic carbocycles. The Morgan fingerprint density at radius 2 is 1.80 bits per heavy atom. The van der Waals surface area contributed by atoms with Gasteiger partial charge >= 0.3 is 0 Å². The zero-order chi connectivity index (χ0) is 24.4. The van der Waals surface area contributed by atoms with E-state index < -0.39 is 5.41 Å². The minimum atomic E-state index is -0.667. The van der Waals surface area contributed by atoms with Crippen LogP contribution >= 0.6 is 22.6 Å². The maximum atomic E-state index is 9.88. The number of ether oxygens (including phenoxy) is 2. The van der Waals surface area contributed by atoms with Gasteiger partial charge in [0.15, 0.2) is 0 Å². The second-order valence-corrected chi connectivity index (χ2v) is 5.65. The quantitative estimate of drug-likeness (QED) is 0.115. The first-order valence-corrected chi connectivity index (χ1v) is 10.4. The molecule has 30 heavy (non-hydrogen) atoms. The highest BCUT2D eigenvalue weighted by Gasteiger charge is 2.24. The van der Waals surface area contributed by atoms with Gasteiger partial charge in [-0.2, -0.15) is 5.26 Å². The van der Waals surface area contributed by atoms with E-state index in [1.807, 2.05) is 53.8 Å². The van der Waals surface area contributed by atoms with Crippen molar-refractivity contribution in [3.05, 3.63) is 35.4 Å². The lowest BCUT2D eigenvalue weighted by molar-refractivity contribution is 0.00304. The summed E-state index contributed by atoms with van der Waals surface area (Å²) in [5.41, 5.74) is 1.11. The fourth-order valence-electron chi connectivity index (χ4n) is 1.63. The number of halogens is 1. The molecule has 1 rings (SSSR count). The van der Waals surface area contributed by atoms with Crippen molar-refractivity contribution in [3.8, 4) is 6.26 Å². The summed E-state index contributed by atoms with van der Waals surface area (Å²) in [6.07, 6.45) is 3.66. The van der Waals surface area contributed by atoms with Crippen LogP contribution in [0.15, 0.2) is 29.3 Å². The van der Waals surface area contributed by atoms with Gasteiger partial charge in [-0.05, 0) is 22.5 Å². The van der Waals surface area contributed by atoms with Gasteiger partial charge in [-0.15, -0.1) is 0 Å². The summed E-state index contributed by atoms with van der Waals surface area (Å²) in [7, 11) is 1.55. The van der Waals surface area contributed by atoms with Crippen molar-refractivity contribution in [2.45, 2.75) is 26.5 Å². The molecule has 9 nitrogen and oxygen atoms in total. The molecule has 0 unspecified atom stereocenters. The van der Waals surface area contributed by atoms with Gasteiger partial charge in [-0.25, -0.2) is 9.79 Å². The molecule has 0 saturated carbocycles. The predicted octanol–water partition coefficient (Wildman–Crippen LogP) is 1.56. The van der Waals surface area contributed by atoms with Crippen molar-refractivity contribution in [2.24, 2.45) is 10.4 Å². The summed E-state index contributed by atoms with van der Waals surface area (Å²) in [5, 5.41) is 42.1. The van der Waals surface area contributed by atoms with Crippen LogP contribution in [0, 0.1) is 16.9 Å². The Bertz CT molecular complexity index is 588. The molecule has 0 aliphatic heterocycles. The number of aliphatic imine (C=N–C) groups is 1. The summed E-state index contributed by atoms with van der Waals surface area (Å²) in [6, 6.07) is 7.34. The lowest BCUT2D eigenvalue weighted by Gasteiger charge is -2.24. The lowest BCUT2D eigenvalue weighted by atomic mass is 9.88. The number of methoxy groups -OCH3 is 1. The number of carbonyl (C=O) groups excluding carboxylic acids is 1. The zero-order valence-corrected chi connectivity index (χ0v) is 19.6. The molecule has 1 aromatic carbocycles. The SMILES string of the molecule is CCC(CO)(CO)CO.COCCO.N#COCc1cccc(CN=C=O)c1.[2H]CI. The molecule has 10 heteroatoms. The van der Waals surface area contributed by atoms with E-state index in [2.05, 4.69) is 14.5 Å². The molecule has 0 fully saturated rings. The highest BCUT2D eigenvalue weighted by molar-refractivity contribution is 14.1. The standard InChI is InChI=1S/C10H8N2O2.C6H14O3.C3H8O2.CH3I/c11-7-14-6-10-3-1-2-9(4-10)5-12-8-13;1-2-6(3-7,4-8)5-9;1-5-3-2-4;1-2/h1-4H,5-6H2;7-9H,2-5H2,1H3;4H,2-3H2,1H3;1H3/i;;;1D. The maximum absolute atomic E-state index is 9.88. The fourth-order valence-corrected chi connectivity index (χ4v) is 1.63. The van der Waals surface area contributed by atoms with E-state index in [4.69, 9.17) is 27.1 Å². The second-order valence-electron chi connectivity index (χ2n) is 5.65. The van der Waals surface area contributed by atoms with Gasteiger partial charge < -0.3 is 29.9 Å². The van der Waals surface area contributed by atoms with Crippen molar-refractivity contribution in [1.82, 2.24) is 0 Å². The Morgan fingerprint density at radius 1 is 1.23 bits per heavy atom. The molecule has 0 spiro atoms. The Hall–Kier alpha value is -1.58. The molecule has 0 aliphatic rings. The Kier molecular flexibility index (Phi) is 26.0. The predicted molar refractivity (Wildman–Crippen MR) is 122 cm³/mol. The van der Waals surface area contributed by atoms with Crippen LogP contribution in [0.5, 0.6) is 0 Å². The van der Waals surface area contributed by atoms with Crippen LogP contribution in [-0.4, -0.2) is 71.6 Å². The van der Waals surface area contributed by atoms with E-state index in [0.29, 0.717) is 24.5 Å². The molecular formula is C20H33IN2O7. The van der Waals surface area contributed by atoms with Crippen molar-refractivity contribution in [2.75, 3.05) is 45.1 Å². The van der Waals surface area contributed by atoms with Gasteiger partial charge in [0.2, 0.25) is 6.08 Å². The van der Waals surface area contributed by atoms with Crippen molar-refractivity contribution >= 4 is 28.7 Å². The summed E-state index contributed by atoms with van der Waals surface area (Å²) >= 11 is 1.96. The number of hydrogen-bond donors (Lipinski definition) is 4. The van der Waals surface area contributed by atoms with Gasteiger partial charge in [-0.1, -0.05) is 53.8 Å². The normalized spacial score (nSPS) is 9.60. The Balaban J connectivity index is -0.000000395. The summed E-state index contributed by atoms with van der Waals surface area (Å²) in [6.45, 7) is 2.47. The summed E-state index contributed by atoms with van der Waals surface area (Å²) in [4.78, 5) is 13.8. The molecule has 0 amide bonds. The molecule has 0 aromatic heterocycles. The van der Waals surface area contributed by atoms with Crippen molar-refractivity contribution in [1.29, 1.82) is 5.26 Å². The van der Waals surface area contributed by atoms with E-state index in [1.54, 1.807) is 13.4 Å². The Labute approximate surface area is 193 Å². The maximum Gasteiger partial charge on any atom is 0.286 e. The average molecular weight is 541 g/mol. The smallest absolute Gasteiger partial charge is 0.286 e. The van der Waals surface area contributed by atoms with E-state index >= 15 is 0 Å². The van der Waals surface area contributed by atoms with Crippen LogP contribution in [-0.2, 0) is 27.4 Å². The third kappa shape index (κ3) is 18.4. The first-order chi connectivity index (χ1) is 14.9. The second kappa shape index (κ2) is 25.5. The highest BCUT2D eigenvalue weighted by Crippen LogP contribution is 2.18. The van der Waals surface area contributed by atoms with Gasteiger partial charge in [-0.3, -0.25) is 0 Å².